The lowest BCUT2D eigenvalue weighted by Crippen LogP contribution is -2.21. The van der Waals surface area contributed by atoms with Gasteiger partial charge < -0.3 is 10.5 Å². The molecular formula is C12H15F2NO2. The number of carbonyl (C=O) groups is 1. The van der Waals surface area contributed by atoms with Crippen LogP contribution in [0.2, 0.25) is 0 Å². The molecule has 3 nitrogen and oxygen atoms in total. The molecule has 0 amide bonds. The first-order valence-corrected chi connectivity index (χ1v) is 5.28. The van der Waals surface area contributed by atoms with E-state index >= 15 is 0 Å². The number of ether oxygens (including phenoxy) is 1. The van der Waals surface area contributed by atoms with E-state index < -0.39 is 28.9 Å². The third-order valence-electron chi connectivity index (χ3n) is 2.52. The maximum Gasteiger partial charge on any atom is 0.341 e. The van der Waals surface area contributed by atoms with Crippen LogP contribution in [-0.4, -0.2) is 12.1 Å². The highest BCUT2D eigenvalue weighted by Crippen LogP contribution is 2.19. The van der Waals surface area contributed by atoms with Gasteiger partial charge in [0.15, 0.2) is 5.82 Å². The van der Waals surface area contributed by atoms with Gasteiger partial charge in [0.2, 0.25) is 0 Å². The van der Waals surface area contributed by atoms with Crippen molar-refractivity contribution in [2.24, 2.45) is 5.92 Å². The van der Waals surface area contributed by atoms with Crippen LogP contribution in [0.1, 0.15) is 31.1 Å². The van der Waals surface area contributed by atoms with Gasteiger partial charge in [0.05, 0.1) is 5.69 Å². The number of nitrogen functional groups attached to an aromatic ring is 1. The van der Waals surface area contributed by atoms with Crippen molar-refractivity contribution in [1.82, 2.24) is 0 Å². The predicted octanol–water partition coefficient (Wildman–Crippen LogP) is 2.75. The maximum absolute atomic E-state index is 13.5. The summed E-state index contributed by atoms with van der Waals surface area (Å²) < 4.78 is 31.5. The van der Waals surface area contributed by atoms with Crippen molar-refractivity contribution >= 4 is 11.7 Å². The first-order valence-electron chi connectivity index (χ1n) is 5.28. The standard InChI is InChI=1S/C12H15F2NO2/c1-6(2)7(3)17-12(16)9-4-8(13)5-10(15)11(9)14/h4-7H,15H2,1-3H3. The summed E-state index contributed by atoms with van der Waals surface area (Å²) in [6.45, 7) is 5.39. The highest BCUT2D eigenvalue weighted by atomic mass is 19.1. The van der Waals surface area contributed by atoms with Gasteiger partial charge in [-0.05, 0) is 25.0 Å². The topological polar surface area (TPSA) is 52.3 Å². The maximum atomic E-state index is 13.5. The number of rotatable bonds is 3. The van der Waals surface area contributed by atoms with Crippen LogP contribution in [0, 0.1) is 17.6 Å². The minimum absolute atomic E-state index is 0.0907. The van der Waals surface area contributed by atoms with Gasteiger partial charge in [0, 0.05) is 0 Å². The van der Waals surface area contributed by atoms with Crippen molar-refractivity contribution in [2.75, 3.05) is 5.73 Å². The van der Waals surface area contributed by atoms with E-state index in [9.17, 15) is 13.6 Å². The average Bonchev–Trinajstić information content (AvgIpc) is 2.22. The summed E-state index contributed by atoms with van der Waals surface area (Å²) in [6.07, 6.45) is -0.383. The predicted molar refractivity (Wildman–Crippen MR) is 60.5 cm³/mol. The van der Waals surface area contributed by atoms with E-state index in [-0.39, 0.29) is 12.0 Å². The molecule has 0 aromatic heterocycles. The molecule has 1 rings (SSSR count). The van der Waals surface area contributed by atoms with Crippen LogP contribution in [0.15, 0.2) is 12.1 Å². The number of benzene rings is 1. The third kappa shape index (κ3) is 3.15. The van der Waals surface area contributed by atoms with E-state index in [1.54, 1.807) is 6.92 Å². The lowest BCUT2D eigenvalue weighted by Gasteiger charge is -2.17. The molecule has 0 aliphatic carbocycles. The molecule has 1 aromatic carbocycles. The molecule has 0 bridgehead atoms. The Labute approximate surface area is 98.6 Å². The van der Waals surface area contributed by atoms with Gasteiger partial charge in [-0.25, -0.2) is 13.6 Å². The summed E-state index contributed by atoms with van der Waals surface area (Å²) in [6, 6.07) is 1.60. The fourth-order valence-corrected chi connectivity index (χ4v) is 1.13. The second kappa shape index (κ2) is 5.12. The molecule has 1 unspecified atom stereocenters. The van der Waals surface area contributed by atoms with E-state index in [1.807, 2.05) is 13.8 Å². The Kier molecular flexibility index (Phi) is 4.04. The van der Waals surface area contributed by atoms with E-state index in [4.69, 9.17) is 10.5 Å². The van der Waals surface area contributed by atoms with Crippen molar-refractivity contribution < 1.29 is 18.3 Å². The number of nitrogens with two attached hydrogens (primary N) is 1. The molecule has 0 aliphatic rings. The number of esters is 1. The highest BCUT2D eigenvalue weighted by Gasteiger charge is 2.20. The van der Waals surface area contributed by atoms with Gasteiger partial charge in [-0.3, -0.25) is 0 Å². The van der Waals surface area contributed by atoms with Crippen LogP contribution in [0.3, 0.4) is 0 Å². The first kappa shape index (κ1) is 13.4. The molecule has 17 heavy (non-hydrogen) atoms. The van der Waals surface area contributed by atoms with E-state index in [0.29, 0.717) is 0 Å². The van der Waals surface area contributed by atoms with Crippen LogP contribution in [0.25, 0.3) is 0 Å². The van der Waals surface area contributed by atoms with Crippen molar-refractivity contribution in [1.29, 1.82) is 0 Å². The molecule has 94 valence electrons. The lowest BCUT2D eigenvalue weighted by atomic mass is 10.1. The zero-order valence-corrected chi connectivity index (χ0v) is 9.96. The summed E-state index contributed by atoms with van der Waals surface area (Å²) in [7, 11) is 0. The molecule has 5 heteroatoms. The second-order valence-corrected chi connectivity index (χ2v) is 4.21. The summed E-state index contributed by atoms with van der Waals surface area (Å²) in [5, 5.41) is 0. The van der Waals surface area contributed by atoms with Gasteiger partial charge in [-0.1, -0.05) is 13.8 Å². The molecule has 0 spiro atoms. The Morgan fingerprint density at radius 1 is 1.29 bits per heavy atom. The SMILES string of the molecule is CC(C)C(C)OC(=O)c1cc(F)cc(N)c1F. The summed E-state index contributed by atoms with van der Waals surface area (Å²) >= 11 is 0. The zero-order chi connectivity index (χ0) is 13.2. The monoisotopic (exact) mass is 243 g/mol. The molecule has 0 saturated carbocycles. The number of hydrogen-bond donors (Lipinski definition) is 1. The summed E-state index contributed by atoms with van der Waals surface area (Å²) in [5.41, 5.74) is 4.34. The van der Waals surface area contributed by atoms with Crippen LogP contribution >= 0.6 is 0 Å². The van der Waals surface area contributed by atoms with Gasteiger partial charge in [-0.15, -0.1) is 0 Å². The van der Waals surface area contributed by atoms with Crippen LogP contribution in [0.4, 0.5) is 14.5 Å². The van der Waals surface area contributed by atoms with Gasteiger partial charge in [0.25, 0.3) is 0 Å². The fourth-order valence-electron chi connectivity index (χ4n) is 1.13. The lowest BCUT2D eigenvalue weighted by molar-refractivity contribution is 0.0232. The van der Waals surface area contributed by atoms with Gasteiger partial charge in [0.1, 0.15) is 17.5 Å². The highest BCUT2D eigenvalue weighted by molar-refractivity contribution is 5.91. The first-order chi connectivity index (χ1) is 7.82. The molecular weight excluding hydrogens is 228 g/mol. The van der Waals surface area contributed by atoms with Crippen LogP contribution in [0.5, 0.6) is 0 Å². The minimum Gasteiger partial charge on any atom is -0.459 e. The van der Waals surface area contributed by atoms with Crippen molar-refractivity contribution in [2.45, 2.75) is 26.9 Å². The van der Waals surface area contributed by atoms with Crippen LogP contribution in [-0.2, 0) is 4.74 Å². The molecule has 0 heterocycles. The fraction of sp³-hybridized carbons (Fsp3) is 0.417. The molecule has 2 N–H and O–H groups in total. The number of halogens is 2. The smallest absolute Gasteiger partial charge is 0.341 e. The Bertz CT molecular complexity index is 433. The van der Waals surface area contributed by atoms with Gasteiger partial charge in [-0.2, -0.15) is 0 Å². The Hall–Kier alpha value is -1.65. The molecule has 0 radical (unpaired) electrons. The van der Waals surface area contributed by atoms with Crippen molar-refractivity contribution in [3.8, 4) is 0 Å². The third-order valence-corrected chi connectivity index (χ3v) is 2.52. The van der Waals surface area contributed by atoms with Crippen molar-refractivity contribution in [3.05, 3.63) is 29.3 Å². The summed E-state index contributed by atoms with van der Waals surface area (Å²) in [5.74, 6) is -2.54. The largest absolute Gasteiger partial charge is 0.459 e. The van der Waals surface area contributed by atoms with E-state index in [1.165, 1.54) is 0 Å². The number of hydrogen-bond acceptors (Lipinski definition) is 3. The molecule has 0 aliphatic heterocycles. The second-order valence-electron chi connectivity index (χ2n) is 4.21. The number of anilines is 1. The Morgan fingerprint density at radius 2 is 1.88 bits per heavy atom. The Balaban J connectivity index is 2.97. The van der Waals surface area contributed by atoms with Crippen molar-refractivity contribution in [3.63, 3.8) is 0 Å². The van der Waals surface area contributed by atoms with Gasteiger partial charge >= 0.3 is 5.97 Å². The normalized spacial score (nSPS) is 12.6. The Morgan fingerprint density at radius 3 is 2.41 bits per heavy atom. The zero-order valence-electron chi connectivity index (χ0n) is 9.96. The summed E-state index contributed by atoms with van der Waals surface area (Å²) in [4.78, 5) is 11.6. The van der Waals surface area contributed by atoms with E-state index in [0.717, 1.165) is 12.1 Å². The minimum atomic E-state index is -0.952. The quantitative estimate of drug-likeness (QED) is 0.656. The average molecular weight is 243 g/mol. The van der Waals surface area contributed by atoms with E-state index in [2.05, 4.69) is 0 Å². The molecule has 1 aromatic rings. The number of carbonyl (C=O) groups excluding carboxylic acids is 1. The molecule has 0 saturated heterocycles. The molecule has 0 fully saturated rings. The van der Waals surface area contributed by atoms with Crippen LogP contribution < -0.4 is 5.73 Å². The molecule has 1 atom stereocenters.